The van der Waals surface area contributed by atoms with Crippen LogP contribution in [0.5, 0.6) is 5.75 Å². The van der Waals surface area contributed by atoms with Gasteiger partial charge in [0.1, 0.15) is 12.0 Å². The largest absolute Gasteiger partial charge is 0.497 e. The maximum Gasteiger partial charge on any atom is 0.150 e. The molecule has 0 spiro atoms. The van der Waals surface area contributed by atoms with Crippen LogP contribution < -0.4 is 16.4 Å². The molecular formula is C8H14N2O3. The summed E-state index contributed by atoms with van der Waals surface area (Å²) in [6.07, 6.45) is 0.805. The molecule has 5 nitrogen and oxygen atoms in total. The zero-order valence-electron chi connectivity index (χ0n) is 7.36. The van der Waals surface area contributed by atoms with Gasteiger partial charge in [0.05, 0.1) is 7.11 Å². The van der Waals surface area contributed by atoms with Crippen LogP contribution in [0.25, 0.3) is 0 Å². The molecule has 0 saturated carbocycles. The summed E-state index contributed by atoms with van der Waals surface area (Å²) in [5, 5.41) is 0. The first kappa shape index (κ1) is 14.1. The summed E-state index contributed by atoms with van der Waals surface area (Å²) in [5.74, 6) is 8.77. The summed E-state index contributed by atoms with van der Waals surface area (Å²) in [6.45, 7) is 0. The van der Waals surface area contributed by atoms with Gasteiger partial charge in [0.15, 0.2) is 0 Å². The molecule has 6 N–H and O–H groups in total. The first-order valence-corrected chi connectivity index (χ1v) is 3.29. The van der Waals surface area contributed by atoms with E-state index in [1.807, 2.05) is 0 Å². The van der Waals surface area contributed by atoms with Crippen LogP contribution in [0.3, 0.4) is 0 Å². The summed E-state index contributed by atoms with van der Waals surface area (Å²) in [6, 6.07) is 6.94. The molecule has 74 valence electrons. The zero-order chi connectivity index (χ0) is 9.40. The second-order valence-electron chi connectivity index (χ2n) is 1.89. The maximum absolute atomic E-state index is 10.2. The molecule has 0 atom stereocenters. The van der Waals surface area contributed by atoms with Crippen LogP contribution in [-0.4, -0.2) is 18.9 Å². The highest BCUT2D eigenvalue weighted by Crippen LogP contribution is 2.09. The van der Waals surface area contributed by atoms with E-state index in [0.717, 1.165) is 12.0 Å². The van der Waals surface area contributed by atoms with Crippen molar-refractivity contribution in [1.29, 1.82) is 0 Å². The van der Waals surface area contributed by atoms with Crippen molar-refractivity contribution in [3.8, 4) is 5.75 Å². The Labute approximate surface area is 76.6 Å². The number of carbonyl (C=O) groups excluding carboxylic acids is 1. The minimum Gasteiger partial charge on any atom is -0.497 e. The number of hydrazine groups is 1. The number of rotatable bonds is 2. The molecule has 0 aliphatic rings. The number of aldehydes is 1. The SMILES string of the molecule is COc1ccc(C=O)cc1.NN.O. The Morgan fingerprint density at radius 2 is 1.69 bits per heavy atom. The second-order valence-corrected chi connectivity index (χ2v) is 1.89. The molecule has 1 rings (SSSR count). The lowest BCUT2D eigenvalue weighted by Crippen LogP contribution is -2.02. The minimum absolute atomic E-state index is 0. The molecular weight excluding hydrogens is 172 g/mol. The lowest BCUT2D eigenvalue weighted by atomic mass is 10.2. The third kappa shape index (κ3) is 4.91. The smallest absolute Gasteiger partial charge is 0.150 e. The van der Waals surface area contributed by atoms with Gasteiger partial charge in [-0.3, -0.25) is 16.5 Å². The molecule has 0 unspecified atom stereocenters. The molecule has 0 amide bonds. The summed E-state index contributed by atoms with van der Waals surface area (Å²) in [4.78, 5) is 10.2. The summed E-state index contributed by atoms with van der Waals surface area (Å²) in [5.41, 5.74) is 0.667. The van der Waals surface area contributed by atoms with Crippen LogP contribution in [0.2, 0.25) is 0 Å². The normalized spacial score (nSPS) is 7.31. The molecule has 0 fully saturated rings. The molecule has 0 aromatic heterocycles. The van der Waals surface area contributed by atoms with E-state index in [-0.39, 0.29) is 5.48 Å². The van der Waals surface area contributed by atoms with Gasteiger partial charge in [0.2, 0.25) is 0 Å². The molecule has 1 aromatic carbocycles. The van der Waals surface area contributed by atoms with Crippen molar-refractivity contribution in [2.45, 2.75) is 0 Å². The van der Waals surface area contributed by atoms with Crippen molar-refractivity contribution in [2.24, 2.45) is 11.7 Å². The van der Waals surface area contributed by atoms with Gasteiger partial charge >= 0.3 is 0 Å². The molecule has 13 heavy (non-hydrogen) atoms. The standard InChI is InChI=1S/C8H8O2.H4N2.H2O/c1-10-8-4-2-7(6-9)3-5-8;1-2;/h2-6H,1H3;1-2H2;1H2. The van der Waals surface area contributed by atoms with E-state index in [4.69, 9.17) is 4.74 Å². The van der Waals surface area contributed by atoms with Crippen molar-refractivity contribution in [3.05, 3.63) is 29.8 Å². The molecule has 0 aliphatic heterocycles. The lowest BCUT2D eigenvalue weighted by Gasteiger charge is -1.96. The second kappa shape index (κ2) is 8.66. The maximum atomic E-state index is 10.2. The topological polar surface area (TPSA) is 110 Å². The Balaban J connectivity index is 0. The molecule has 0 radical (unpaired) electrons. The van der Waals surface area contributed by atoms with Crippen molar-refractivity contribution in [1.82, 2.24) is 0 Å². The van der Waals surface area contributed by atoms with E-state index in [9.17, 15) is 4.79 Å². The van der Waals surface area contributed by atoms with Gasteiger partial charge in [-0.05, 0) is 24.3 Å². The third-order valence-corrected chi connectivity index (χ3v) is 1.25. The summed E-state index contributed by atoms with van der Waals surface area (Å²) >= 11 is 0. The highest BCUT2D eigenvalue weighted by atomic mass is 16.5. The van der Waals surface area contributed by atoms with E-state index in [2.05, 4.69) is 11.7 Å². The first-order chi connectivity index (χ1) is 5.86. The number of hydrogen-bond acceptors (Lipinski definition) is 4. The van der Waals surface area contributed by atoms with Crippen LogP contribution in [0.15, 0.2) is 24.3 Å². The molecule has 0 heterocycles. The Morgan fingerprint density at radius 1 is 1.23 bits per heavy atom. The predicted octanol–water partition coefficient (Wildman–Crippen LogP) is -0.498. The van der Waals surface area contributed by atoms with E-state index in [0.29, 0.717) is 5.56 Å². The number of hydrogen-bond donors (Lipinski definition) is 2. The Hall–Kier alpha value is -1.43. The zero-order valence-corrected chi connectivity index (χ0v) is 7.36. The minimum atomic E-state index is 0. The Kier molecular flexibility index (Phi) is 9.41. The van der Waals surface area contributed by atoms with Crippen molar-refractivity contribution < 1.29 is 15.0 Å². The summed E-state index contributed by atoms with van der Waals surface area (Å²) < 4.78 is 4.90. The molecule has 0 aliphatic carbocycles. The van der Waals surface area contributed by atoms with Gasteiger partial charge in [0, 0.05) is 5.56 Å². The highest BCUT2D eigenvalue weighted by Gasteiger charge is 1.89. The highest BCUT2D eigenvalue weighted by molar-refractivity contribution is 5.74. The van der Waals surface area contributed by atoms with Gasteiger partial charge in [-0.1, -0.05) is 0 Å². The van der Waals surface area contributed by atoms with Gasteiger partial charge in [0.25, 0.3) is 0 Å². The van der Waals surface area contributed by atoms with E-state index >= 15 is 0 Å². The fourth-order valence-corrected chi connectivity index (χ4v) is 0.682. The number of ether oxygens (including phenoxy) is 1. The number of nitrogens with two attached hydrogens (primary N) is 2. The summed E-state index contributed by atoms with van der Waals surface area (Å²) in [7, 11) is 1.59. The van der Waals surface area contributed by atoms with Crippen LogP contribution in [0.4, 0.5) is 0 Å². The third-order valence-electron chi connectivity index (χ3n) is 1.25. The van der Waals surface area contributed by atoms with Gasteiger partial charge in [-0.15, -0.1) is 0 Å². The van der Waals surface area contributed by atoms with Crippen molar-refractivity contribution in [3.63, 3.8) is 0 Å². The van der Waals surface area contributed by atoms with Crippen LogP contribution in [0.1, 0.15) is 10.4 Å². The van der Waals surface area contributed by atoms with Crippen LogP contribution in [0, 0.1) is 0 Å². The number of methoxy groups -OCH3 is 1. The quantitative estimate of drug-likeness (QED) is 0.368. The molecule has 5 heteroatoms. The number of carbonyl (C=O) groups is 1. The lowest BCUT2D eigenvalue weighted by molar-refractivity contribution is 0.112. The molecule has 0 bridgehead atoms. The number of benzene rings is 1. The van der Waals surface area contributed by atoms with E-state index in [1.54, 1.807) is 31.4 Å². The molecule has 1 aromatic rings. The fraction of sp³-hybridized carbons (Fsp3) is 0.125. The van der Waals surface area contributed by atoms with Crippen molar-refractivity contribution in [2.75, 3.05) is 7.11 Å². The Bertz CT molecular complexity index is 223. The van der Waals surface area contributed by atoms with Crippen LogP contribution >= 0.6 is 0 Å². The van der Waals surface area contributed by atoms with Gasteiger partial charge < -0.3 is 10.2 Å². The van der Waals surface area contributed by atoms with Crippen molar-refractivity contribution >= 4 is 6.29 Å². The Morgan fingerprint density at radius 3 is 2.00 bits per heavy atom. The predicted molar refractivity (Wildman–Crippen MR) is 50.4 cm³/mol. The van der Waals surface area contributed by atoms with Gasteiger partial charge in [-0.25, -0.2) is 0 Å². The van der Waals surface area contributed by atoms with Gasteiger partial charge in [-0.2, -0.15) is 0 Å². The average Bonchev–Trinajstić information content (AvgIpc) is 2.21. The fourth-order valence-electron chi connectivity index (χ4n) is 0.682. The van der Waals surface area contributed by atoms with E-state index in [1.165, 1.54) is 0 Å². The monoisotopic (exact) mass is 186 g/mol. The molecule has 0 saturated heterocycles. The average molecular weight is 186 g/mol. The van der Waals surface area contributed by atoms with Crippen LogP contribution in [-0.2, 0) is 0 Å². The first-order valence-electron chi connectivity index (χ1n) is 3.29. The van der Waals surface area contributed by atoms with E-state index < -0.39 is 0 Å².